The van der Waals surface area contributed by atoms with Crippen LogP contribution in [0.25, 0.3) is 22.3 Å². The van der Waals surface area contributed by atoms with Crippen molar-refractivity contribution in [3.8, 4) is 33.8 Å². The molecule has 0 unspecified atom stereocenters. The number of hydrogen-bond donors (Lipinski definition) is 0. The largest absolute Gasteiger partial charge is 0.573 e. The molecule has 38 heavy (non-hydrogen) atoms. The second-order valence-electron chi connectivity index (χ2n) is 8.09. The van der Waals surface area contributed by atoms with Gasteiger partial charge in [0, 0.05) is 17.2 Å². The maximum absolute atomic E-state index is 14.7. The Labute approximate surface area is 209 Å². The molecule has 2 nitrogen and oxygen atoms in total. The van der Waals surface area contributed by atoms with Gasteiger partial charge in [-0.15, -0.1) is 13.2 Å². The van der Waals surface area contributed by atoms with Crippen molar-refractivity contribution in [1.82, 2.24) is 0 Å². The fraction of sp³-hybridized carbons (Fsp3) is 0.111. The van der Waals surface area contributed by atoms with Crippen LogP contribution in [0, 0.1) is 30.2 Å². The second kappa shape index (κ2) is 9.96. The van der Waals surface area contributed by atoms with Gasteiger partial charge in [0.25, 0.3) is 0 Å². The van der Waals surface area contributed by atoms with E-state index in [9.17, 15) is 39.5 Å². The van der Waals surface area contributed by atoms with Crippen molar-refractivity contribution in [2.75, 3.05) is 0 Å². The molecule has 198 valence electrons. The van der Waals surface area contributed by atoms with Crippen LogP contribution >= 0.6 is 0 Å². The van der Waals surface area contributed by atoms with Gasteiger partial charge >= 0.3 is 12.5 Å². The SMILES string of the molecule is Cc1ccc(-c2ccc(C(F)(F)Oc3ccc(-c4ccc(OC(F)(F)F)c(F)c4)c(F)c3)cc2)c(F)c1F. The highest BCUT2D eigenvalue weighted by atomic mass is 19.4. The summed E-state index contributed by atoms with van der Waals surface area (Å²) >= 11 is 0. The van der Waals surface area contributed by atoms with E-state index in [0.29, 0.717) is 18.2 Å². The second-order valence-corrected chi connectivity index (χ2v) is 8.09. The lowest BCUT2D eigenvalue weighted by Crippen LogP contribution is -2.21. The van der Waals surface area contributed by atoms with Crippen molar-refractivity contribution >= 4 is 0 Å². The fourth-order valence-corrected chi connectivity index (χ4v) is 3.59. The van der Waals surface area contributed by atoms with Gasteiger partial charge in [-0.05, 0) is 60.0 Å². The van der Waals surface area contributed by atoms with Crippen molar-refractivity contribution in [2.45, 2.75) is 19.4 Å². The molecule has 0 saturated heterocycles. The summed E-state index contributed by atoms with van der Waals surface area (Å²) < 4.78 is 131. The molecule has 0 heterocycles. The summed E-state index contributed by atoms with van der Waals surface area (Å²) in [6.45, 7) is 1.38. The lowest BCUT2D eigenvalue weighted by Gasteiger charge is -2.19. The maximum Gasteiger partial charge on any atom is 0.573 e. The predicted molar refractivity (Wildman–Crippen MR) is 120 cm³/mol. The number of aryl methyl sites for hydroxylation is 1. The Bertz CT molecular complexity index is 1480. The van der Waals surface area contributed by atoms with E-state index in [2.05, 4.69) is 9.47 Å². The van der Waals surface area contributed by atoms with Crippen molar-refractivity contribution < 1.29 is 49.0 Å². The van der Waals surface area contributed by atoms with Crippen molar-refractivity contribution in [3.63, 3.8) is 0 Å². The van der Waals surface area contributed by atoms with Gasteiger partial charge in [0.15, 0.2) is 23.2 Å². The molecular formula is C27H15F9O2. The average molecular weight is 542 g/mol. The van der Waals surface area contributed by atoms with E-state index in [0.717, 1.165) is 42.5 Å². The van der Waals surface area contributed by atoms with E-state index < -0.39 is 52.8 Å². The fourth-order valence-electron chi connectivity index (χ4n) is 3.59. The van der Waals surface area contributed by atoms with Crippen LogP contribution in [0.1, 0.15) is 11.1 Å². The van der Waals surface area contributed by atoms with E-state index in [1.165, 1.54) is 19.1 Å². The average Bonchev–Trinajstić information content (AvgIpc) is 2.83. The highest BCUT2D eigenvalue weighted by molar-refractivity contribution is 5.66. The number of benzene rings is 4. The van der Waals surface area contributed by atoms with Crippen molar-refractivity contribution in [3.05, 3.63) is 107 Å². The van der Waals surface area contributed by atoms with Gasteiger partial charge in [0.1, 0.15) is 11.6 Å². The van der Waals surface area contributed by atoms with Crippen molar-refractivity contribution in [2.24, 2.45) is 0 Å². The first-order chi connectivity index (χ1) is 17.7. The van der Waals surface area contributed by atoms with Gasteiger partial charge in [0.2, 0.25) is 0 Å². The monoisotopic (exact) mass is 542 g/mol. The topological polar surface area (TPSA) is 18.5 Å². The number of ether oxygens (including phenoxy) is 2. The Hall–Kier alpha value is -4.15. The molecule has 0 saturated carbocycles. The zero-order valence-corrected chi connectivity index (χ0v) is 19.1. The van der Waals surface area contributed by atoms with Gasteiger partial charge in [0.05, 0.1) is 5.56 Å². The lowest BCUT2D eigenvalue weighted by molar-refractivity contribution is -0.275. The van der Waals surface area contributed by atoms with Crippen LogP contribution in [0.2, 0.25) is 0 Å². The van der Waals surface area contributed by atoms with Gasteiger partial charge in [-0.3, -0.25) is 0 Å². The highest BCUT2D eigenvalue weighted by Gasteiger charge is 2.35. The minimum absolute atomic E-state index is 0.0821. The molecule has 0 aliphatic rings. The van der Waals surface area contributed by atoms with Gasteiger partial charge in [-0.1, -0.05) is 30.3 Å². The van der Waals surface area contributed by atoms with E-state index >= 15 is 0 Å². The van der Waals surface area contributed by atoms with Gasteiger partial charge < -0.3 is 9.47 Å². The van der Waals surface area contributed by atoms with E-state index in [-0.39, 0.29) is 27.8 Å². The molecule has 11 heteroatoms. The summed E-state index contributed by atoms with van der Waals surface area (Å²) in [5.74, 6) is -6.44. The third kappa shape index (κ3) is 5.71. The third-order valence-electron chi connectivity index (χ3n) is 5.46. The summed E-state index contributed by atoms with van der Waals surface area (Å²) in [6.07, 6.45) is -9.10. The van der Waals surface area contributed by atoms with Gasteiger partial charge in [-0.2, -0.15) is 8.78 Å². The number of halogens is 9. The predicted octanol–water partition coefficient (Wildman–Crippen LogP) is 8.91. The highest BCUT2D eigenvalue weighted by Crippen LogP contribution is 2.36. The Morgan fingerprint density at radius 1 is 0.579 bits per heavy atom. The van der Waals surface area contributed by atoms with Crippen LogP contribution in [0.15, 0.2) is 72.8 Å². The number of alkyl halides is 5. The molecule has 0 radical (unpaired) electrons. The normalized spacial score (nSPS) is 11.9. The van der Waals surface area contributed by atoms with Crippen molar-refractivity contribution in [1.29, 1.82) is 0 Å². The molecule has 0 atom stereocenters. The smallest absolute Gasteiger partial charge is 0.429 e. The summed E-state index contributed by atoms with van der Waals surface area (Å²) in [5.41, 5.74) is -1.05. The third-order valence-corrected chi connectivity index (χ3v) is 5.46. The molecule has 4 rings (SSSR count). The summed E-state index contributed by atoms with van der Waals surface area (Å²) in [5, 5.41) is 0. The van der Waals surface area contributed by atoms with Crippen LogP contribution in [-0.4, -0.2) is 6.36 Å². The van der Waals surface area contributed by atoms with E-state index in [1.54, 1.807) is 0 Å². The molecule has 4 aromatic rings. The molecule has 0 aromatic heterocycles. The molecule has 0 aliphatic carbocycles. The molecule has 0 N–H and O–H groups in total. The lowest BCUT2D eigenvalue weighted by atomic mass is 10.0. The molecule has 0 fully saturated rings. The number of hydrogen-bond acceptors (Lipinski definition) is 2. The Balaban J connectivity index is 1.53. The maximum atomic E-state index is 14.7. The summed E-state index contributed by atoms with van der Waals surface area (Å²) in [6, 6.07) is 11.6. The minimum atomic E-state index is -5.13. The Morgan fingerprint density at radius 3 is 1.82 bits per heavy atom. The standard InChI is InChI=1S/C27H15F9O2/c1-14-2-9-20(25(31)24(14)30)15-3-6-17(7-4-15)26(32,33)37-18-8-10-19(21(28)13-18)16-5-11-23(22(29)12-16)38-27(34,35)36/h2-13H,1H3. The van der Waals surface area contributed by atoms with Gasteiger partial charge in [-0.25, -0.2) is 17.6 Å². The zero-order valence-electron chi connectivity index (χ0n) is 19.1. The van der Waals surface area contributed by atoms with Crippen LogP contribution < -0.4 is 9.47 Å². The summed E-state index contributed by atoms with van der Waals surface area (Å²) in [7, 11) is 0. The Morgan fingerprint density at radius 2 is 1.21 bits per heavy atom. The molecule has 0 spiro atoms. The molecular weight excluding hydrogens is 527 g/mol. The number of rotatable bonds is 6. The van der Waals surface area contributed by atoms with Crippen LogP contribution in [-0.2, 0) is 6.11 Å². The van der Waals surface area contributed by atoms with Crippen LogP contribution in [0.4, 0.5) is 39.5 Å². The van der Waals surface area contributed by atoms with E-state index in [1.807, 2.05) is 0 Å². The zero-order chi connectivity index (χ0) is 27.8. The molecule has 4 aromatic carbocycles. The van der Waals surface area contributed by atoms with E-state index in [4.69, 9.17) is 0 Å². The first kappa shape index (κ1) is 26.9. The molecule has 0 aliphatic heterocycles. The minimum Gasteiger partial charge on any atom is -0.429 e. The van der Waals surface area contributed by atoms with Crippen LogP contribution in [0.3, 0.4) is 0 Å². The summed E-state index contributed by atoms with van der Waals surface area (Å²) in [4.78, 5) is 0. The first-order valence-corrected chi connectivity index (χ1v) is 10.7. The quantitative estimate of drug-likeness (QED) is 0.227. The molecule has 0 amide bonds. The Kier molecular flexibility index (Phi) is 7.05. The molecule has 0 bridgehead atoms. The first-order valence-electron chi connectivity index (χ1n) is 10.7. The van der Waals surface area contributed by atoms with Crippen LogP contribution in [0.5, 0.6) is 11.5 Å².